The molecule has 1 aliphatic rings. The van der Waals surface area contributed by atoms with Crippen LogP contribution in [0.1, 0.15) is 33.1 Å². The Morgan fingerprint density at radius 2 is 2.00 bits per heavy atom. The van der Waals surface area contributed by atoms with Crippen molar-refractivity contribution in [3.05, 3.63) is 0 Å². The molecule has 0 radical (unpaired) electrons. The average molecular weight is 258 g/mol. The molecule has 0 aromatic rings. The molecule has 1 aliphatic carbocycles. The first-order valence-electron chi connectivity index (χ1n) is 7.26. The lowest BCUT2D eigenvalue weighted by molar-refractivity contribution is 0.114. The van der Waals surface area contributed by atoms with Gasteiger partial charge in [-0.15, -0.1) is 0 Å². The molecule has 0 heterocycles. The quantitative estimate of drug-likeness (QED) is 0.582. The predicted molar refractivity (Wildman–Crippen MR) is 74.8 cm³/mol. The molecule has 0 aromatic heterocycles. The molecular formula is C14H30N2O2. The lowest BCUT2D eigenvalue weighted by Gasteiger charge is -2.23. The molecule has 0 bridgehead atoms. The van der Waals surface area contributed by atoms with E-state index in [1.54, 1.807) is 7.11 Å². The first-order chi connectivity index (χ1) is 8.65. The number of likely N-dealkylation sites (N-methyl/N-ethyl adjacent to an activating group) is 1. The van der Waals surface area contributed by atoms with E-state index >= 15 is 0 Å². The van der Waals surface area contributed by atoms with Crippen LogP contribution in [-0.2, 0) is 4.74 Å². The van der Waals surface area contributed by atoms with Crippen molar-refractivity contribution in [1.29, 1.82) is 0 Å². The number of aliphatic hydroxyl groups is 1. The summed E-state index contributed by atoms with van der Waals surface area (Å²) in [6.07, 6.45) is 3.48. The molecule has 1 saturated carbocycles. The third kappa shape index (κ3) is 5.65. The first kappa shape index (κ1) is 15.9. The number of hydrogen-bond acceptors (Lipinski definition) is 4. The van der Waals surface area contributed by atoms with E-state index in [0.29, 0.717) is 12.0 Å². The molecule has 0 aromatic carbocycles. The number of ether oxygens (including phenoxy) is 1. The summed E-state index contributed by atoms with van der Waals surface area (Å²) < 4.78 is 5.14. The monoisotopic (exact) mass is 258 g/mol. The molecular weight excluding hydrogens is 228 g/mol. The van der Waals surface area contributed by atoms with Crippen molar-refractivity contribution in [2.24, 2.45) is 5.41 Å². The highest BCUT2D eigenvalue weighted by Crippen LogP contribution is 2.48. The summed E-state index contributed by atoms with van der Waals surface area (Å²) in [5, 5.41) is 13.4. The normalized spacial score (nSPS) is 19.2. The predicted octanol–water partition coefficient (Wildman–Crippen LogP) is 1.10. The maximum absolute atomic E-state index is 9.95. The molecule has 0 spiro atoms. The minimum Gasteiger partial charge on any atom is -0.390 e. The van der Waals surface area contributed by atoms with Crippen LogP contribution in [0.5, 0.6) is 0 Å². The van der Waals surface area contributed by atoms with Crippen molar-refractivity contribution in [2.75, 3.05) is 46.4 Å². The van der Waals surface area contributed by atoms with E-state index in [-0.39, 0.29) is 6.10 Å². The lowest BCUT2D eigenvalue weighted by Crippen LogP contribution is -2.39. The van der Waals surface area contributed by atoms with Crippen LogP contribution in [0.15, 0.2) is 0 Å². The van der Waals surface area contributed by atoms with Gasteiger partial charge < -0.3 is 20.1 Å². The Kier molecular flexibility index (Phi) is 7.15. The molecule has 108 valence electrons. The van der Waals surface area contributed by atoms with E-state index < -0.39 is 0 Å². The maximum atomic E-state index is 9.95. The van der Waals surface area contributed by atoms with Gasteiger partial charge in [0.1, 0.15) is 0 Å². The van der Waals surface area contributed by atoms with E-state index in [0.717, 1.165) is 39.2 Å². The zero-order valence-corrected chi connectivity index (χ0v) is 12.2. The third-order valence-electron chi connectivity index (χ3n) is 4.04. The SMILES string of the molecule is CCN(CC)CC(O)CNCC1(CCOC)CC1. The van der Waals surface area contributed by atoms with Crippen LogP contribution in [-0.4, -0.2) is 62.6 Å². The Morgan fingerprint density at radius 3 is 2.50 bits per heavy atom. The van der Waals surface area contributed by atoms with Gasteiger partial charge in [-0.3, -0.25) is 0 Å². The molecule has 18 heavy (non-hydrogen) atoms. The van der Waals surface area contributed by atoms with Crippen LogP contribution in [0.2, 0.25) is 0 Å². The fourth-order valence-corrected chi connectivity index (χ4v) is 2.36. The second-order valence-corrected chi connectivity index (χ2v) is 5.51. The Bertz CT molecular complexity index is 216. The van der Waals surface area contributed by atoms with E-state index in [1.165, 1.54) is 12.8 Å². The van der Waals surface area contributed by atoms with Gasteiger partial charge >= 0.3 is 0 Å². The van der Waals surface area contributed by atoms with Gasteiger partial charge in [0.25, 0.3) is 0 Å². The van der Waals surface area contributed by atoms with Gasteiger partial charge in [-0.2, -0.15) is 0 Å². The fourth-order valence-electron chi connectivity index (χ4n) is 2.36. The van der Waals surface area contributed by atoms with Crippen LogP contribution < -0.4 is 5.32 Å². The molecule has 2 N–H and O–H groups in total. The van der Waals surface area contributed by atoms with Gasteiger partial charge in [-0.05, 0) is 37.8 Å². The molecule has 4 nitrogen and oxygen atoms in total. The smallest absolute Gasteiger partial charge is 0.0791 e. The highest BCUT2D eigenvalue weighted by molar-refractivity contribution is 4.94. The van der Waals surface area contributed by atoms with Crippen molar-refractivity contribution < 1.29 is 9.84 Å². The Morgan fingerprint density at radius 1 is 1.33 bits per heavy atom. The van der Waals surface area contributed by atoms with Gasteiger partial charge in [-0.25, -0.2) is 0 Å². The highest BCUT2D eigenvalue weighted by Gasteiger charge is 2.41. The Balaban J connectivity index is 2.10. The number of hydrogen-bond donors (Lipinski definition) is 2. The summed E-state index contributed by atoms with van der Waals surface area (Å²) in [5.41, 5.74) is 0.463. The summed E-state index contributed by atoms with van der Waals surface area (Å²) in [5.74, 6) is 0. The number of nitrogens with one attached hydrogen (secondary N) is 1. The standard InChI is InChI=1S/C14H30N2O2/c1-4-16(5-2)11-13(17)10-15-12-14(6-7-14)8-9-18-3/h13,15,17H,4-12H2,1-3H3. The van der Waals surface area contributed by atoms with Gasteiger partial charge in [0.15, 0.2) is 0 Å². The van der Waals surface area contributed by atoms with Crippen LogP contribution >= 0.6 is 0 Å². The van der Waals surface area contributed by atoms with Crippen molar-refractivity contribution in [3.8, 4) is 0 Å². The first-order valence-corrected chi connectivity index (χ1v) is 7.26. The maximum Gasteiger partial charge on any atom is 0.0791 e. The summed E-state index contributed by atoms with van der Waals surface area (Å²) in [6.45, 7) is 9.61. The van der Waals surface area contributed by atoms with Gasteiger partial charge in [0.2, 0.25) is 0 Å². The number of nitrogens with zero attached hydrogens (tertiary/aromatic N) is 1. The number of methoxy groups -OCH3 is 1. The largest absolute Gasteiger partial charge is 0.390 e. The minimum absolute atomic E-state index is 0.261. The molecule has 1 fully saturated rings. The van der Waals surface area contributed by atoms with Crippen LogP contribution in [0.3, 0.4) is 0 Å². The Hall–Kier alpha value is -0.160. The second kappa shape index (κ2) is 8.10. The highest BCUT2D eigenvalue weighted by atomic mass is 16.5. The summed E-state index contributed by atoms with van der Waals surface area (Å²) in [7, 11) is 1.76. The summed E-state index contributed by atoms with van der Waals surface area (Å²) in [6, 6.07) is 0. The molecule has 1 rings (SSSR count). The topological polar surface area (TPSA) is 44.7 Å². The van der Waals surface area contributed by atoms with Crippen LogP contribution in [0.4, 0.5) is 0 Å². The molecule has 0 amide bonds. The fraction of sp³-hybridized carbons (Fsp3) is 1.00. The van der Waals surface area contributed by atoms with Crippen molar-refractivity contribution >= 4 is 0 Å². The van der Waals surface area contributed by atoms with E-state index in [2.05, 4.69) is 24.1 Å². The molecule has 0 aliphatic heterocycles. The second-order valence-electron chi connectivity index (χ2n) is 5.51. The number of aliphatic hydroxyl groups excluding tert-OH is 1. The summed E-state index contributed by atoms with van der Waals surface area (Å²) >= 11 is 0. The van der Waals surface area contributed by atoms with Crippen molar-refractivity contribution in [2.45, 2.75) is 39.2 Å². The van der Waals surface area contributed by atoms with Gasteiger partial charge in [-0.1, -0.05) is 13.8 Å². The molecule has 1 atom stereocenters. The van der Waals surface area contributed by atoms with Crippen LogP contribution in [0, 0.1) is 5.41 Å². The van der Waals surface area contributed by atoms with Crippen LogP contribution in [0.25, 0.3) is 0 Å². The van der Waals surface area contributed by atoms with Crippen molar-refractivity contribution in [1.82, 2.24) is 10.2 Å². The van der Waals surface area contributed by atoms with Gasteiger partial charge in [0.05, 0.1) is 6.10 Å². The lowest BCUT2D eigenvalue weighted by atomic mass is 10.0. The zero-order chi connectivity index (χ0) is 13.4. The molecule has 1 unspecified atom stereocenters. The molecule has 4 heteroatoms. The van der Waals surface area contributed by atoms with E-state index in [9.17, 15) is 5.11 Å². The zero-order valence-electron chi connectivity index (χ0n) is 12.2. The summed E-state index contributed by atoms with van der Waals surface area (Å²) in [4.78, 5) is 2.25. The molecule has 0 saturated heterocycles. The van der Waals surface area contributed by atoms with Crippen molar-refractivity contribution in [3.63, 3.8) is 0 Å². The average Bonchev–Trinajstić information content (AvgIpc) is 3.14. The minimum atomic E-state index is -0.261. The van der Waals surface area contributed by atoms with E-state index in [4.69, 9.17) is 4.74 Å². The Labute approximate surface area is 112 Å². The third-order valence-corrected chi connectivity index (χ3v) is 4.04. The number of rotatable bonds is 11. The van der Waals surface area contributed by atoms with Gasteiger partial charge in [0, 0.05) is 33.4 Å². The van der Waals surface area contributed by atoms with E-state index in [1.807, 2.05) is 0 Å².